The number of ether oxygens (including phenoxy) is 1. The van der Waals surface area contributed by atoms with Gasteiger partial charge in [-0.05, 0) is 56.2 Å². The summed E-state index contributed by atoms with van der Waals surface area (Å²) in [7, 11) is -4.01. The first kappa shape index (κ1) is 25.8. The zero-order valence-corrected chi connectivity index (χ0v) is 21.2. The summed E-state index contributed by atoms with van der Waals surface area (Å²) in [5, 5.41) is 7.56. The molecule has 2 aliphatic rings. The Balaban J connectivity index is 1.42. The van der Waals surface area contributed by atoms with Gasteiger partial charge in [0.15, 0.2) is 0 Å². The van der Waals surface area contributed by atoms with E-state index in [0.717, 1.165) is 19.4 Å². The highest BCUT2D eigenvalue weighted by Crippen LogP contribution is 2.29. The van der Waals surface area contributed by atoms with Crippen LogP contribution in [-0.4, -0.2) is 55.4 Å². The Hall–Kier alpha value is -2.27. The zero-order valence-electron chi connectivity index (χ0n) is 19.7. The van der Waals surface area contributed by atoms with Crippen LogP contribution >= 0.6 is 11.6 Å². The van der Waals surface area contributed by atoms with Crippen LogP contribution < -0.4 is 10.9 Å². The largest absolute Gasteiger partial charge is 0.382 e. The van der Waals surface area contributed by atoms with Gasteiger partial charge in [-0.3, -0.25) is 4.79 Å². The van der Waals surface area contributed by atoms with Crippen LogP contribution in [0.15, 0.2) is 40.7 Å². The van der Waals surface area contributed by atoms with E-state index in [2.05, 4.69) is 17.0 Å². The Labute approximate surface area is 209 Å². The SMILES string of the molecule is C=C(C)c1ccc(S(=O)(=O)N2CCC(n3ncc(NC[C@@H]4CCCOC4)c(Cl)c3=O)CC2)c(F)c1. The first-order chi connectivity index (χ1) is 16.7. The molecule has 0 aliphatic carbocycles. The number of nitrogens with zero attached hydrogens (tertiary/aromatic N) is 3. The number of aromatic nitrogens is 2. The molecule has 0 bridgehead atoms. The maximum absolute atomic E-state index is 14.6. The van der Waals surface area contributed by atoms with Crippen molar-refractivity contribution >= 4 is 32.9 Å². The number of hydrogen-bond acceptors (Lipinski definition) is 6. The van der Waals surface area contributed by atoms with E-state index in [1.807, 2.05) is 0 Å². The molecule has 2 saturated heterocycles. The first-order valence-electron chi connectivity index (χ1n) is 11.7. The molecular formula is C24H30ClFN4O4S. The number of sulfonamides is 1. The van der Waals surface area contributed by atoms with Crippen molar-refractivity contribution in [3.05, 3.63) is 57.7 Å². The summed E-state index contributed by atoms with van der Waals surface area (Å²) in [6, 6.07) is 3.71. The summed E-state index contributed by atoms with van der Waals surface area (Å²) in [5.74, 6) is -0.449. The number of piperidine rings is 1. The maximum atomic E-state index is 14.6. The molecule has 0 saturated carbocycles. The van der Waals surface area contributed by atoms with Gasteiger partial charge in [0.05, 0.1) is 24.5 Å². The third-order valence-corrected chi connectivity index (χ3v) is 8.89. The second-order valence-electron chi connectivity index (χ2n) is 9.15. The fourth-order valence-corrected chi connectivity index (χ4v) is 6.21. The molecule has 8 nitrogen and oxygen atoms in total. The minimum absolute atomic E-state index is 0.0615. The number of nitrogens with one attached hydrogen (secondary N) is 1. The molecule has 190 valence electrons. The van der Waals surface area contributed by atoms with Crippen LogP contribution in [0.1, 0.15) is 44.2 Å². The van der Waals surface area contributed by atoms with E-state index >= 15 is 0 Å². The standard InChI is InChI=1S/C24H30ClFN4O4S/c1-16(2)18-5-6-22(20(26)12-18)35(32,33)29-9-7-19(8-10-29)30-24(31)23(25)21(14-28-30)27-13-17-4-3-11-34-15-17/h5-6,12,14,17,19,27H,1,3-4,7-11,13,15H2,2H3/t17-/m0/s1. The van der Waals surface area contributed by atoms with Crippen LogP contribution in [0.2, 0.25) is 5.02 Å². The lowest BCUT2D eigenvalue weighted by Crippen LogP contribution is -2.41. The van der Waals surface area contributed by atoms with E-state index in [4.69, 9.17) is 16.3 Å². The summed E-state index contributed by atoms with van der Waals surface area (Å²) in [5.41, 5.74) is 1.26. The first-order valence-corrected chi connectivity index (χ1v) is 13.5. The van der Waals surface area contributed by atoms with E-state index < -0.39 is 21.4 Å². The molecule has 3 heterocycles. The smallest absolute Gasteiger partial charge is 0.287 e. The van der Waals surface area contributed by atoms with Gasteiger partial charge in [-0.15, -0.1) is 0 Å². The molecule has 0 spiro atoms. The lowest BCUT2D eigenvalue weighted by Gasteiger charge is -2.31. The molecule has 1 aromatic heterocycles. The highest BCUT2D eigenvalue weighted by Gasteiger charge is 2.33. The summed E-state index contributed by atoms with van der Waals surface area (Å²) in [4.78, 5) is 12.5. The molecule has 4 rings (SSSR count). The molecule has 1 N–H and O–H groups in total. The van der Waals surface area contributed by atoms with Crippen LogP contribution in [0.25, 0.3) is 5.57 Å². The number of benzene rings is 1. The fraction of sp³-hybridized carbons (Fsp3) is 0.500. The summed E-state index contributed by atoms with van der Waals surface area (Å²) < 4.78 is 48.7. The van der Waals surface area contributed by atoms with Gasteiger partial charge in [-0.1, -0.05) is 29.8 Å². The van der Waals surface area contributed by atoms with Crippen molar-refractivity contribution in [3.8, 4) is 0 Å². The molecule has 2 fully saturated rings. The summed E-state index contributed by atoms with van der Waals surface area (Å²) in [6.07, 6.45) is 4.33. The van der Waals surface area contributed by atoms with Gasteiger partial charge in [0, 0.05) is 26.2 Å². The highest BCUT2D eigenvalue weighted by atomic mass is 35.5. The molecule has 2 aliphatic heterocycles. The van der Waals surface area contributed by atoms with Gasteiger partial charge in [0.25, 0.3) is 5.56 Å². The third kappa shape index (κ3) is 5.61. The van der Waals surface area contributed by atoms with Crippen molar-refractivity contribution in [1.29, 1.82) is 0 Å². The Morgan fingerprint density at radius 1 is 1.31 bits per heavy atom. The van der Waals surface area contributed by atoms with Gasteiger partial charge in [-0.2, -0.15) is 9.40 Å². The molecule has 0 unspecified atom stereocenters. The molecule has 11 heteroatoms. The van der Waals surface area contributed by atoms with Crippen molar-refractivity contribution < 1.29 is 17.5 Å². The average Bonchev–Trinajstić information content (AvgIpc) is 2.85. The molecule has 2 aromatic rings. The molecule has 0 radical (unpaired) electrons. The Bertz CT molecular complexity index is 1250. The number of hydrogen-bond donors (Lipinski definition) is 1. The van der Waals surface area contributed by atoms with E-state index in [-0.39, 0.29) is 29.0 Å². The van der Waals surface area contributed by atoms with E-state index in [9.17, 15) is 17.6 Å². The van der Waals surface area contributed by atoms with Crippen LogP contribution in [-0.2, 0) is 14.8 Å². The zero-order chi connectivity index (χ0) is 25.2. The van der Waals surface area contributed by atoms with Gasteiger partial charge in [-0.25, -0.2) is 17.5 Å². The average molecular weight is 525 g/mol. The molecular weight excluding hydrogens is 495 g/mol. The van der Waals surface area contributed by atoms with E-state index in [1.165, 1.54) is 27.3 Å². The maximum Gasteiger partial charge on any atom is 0.287 e. The van der Waals surface area contributed by atoms with Gasteiger partial charge in [0.1, 0.15) is 15.7 Å². The fourth-order valence-electron chi connectivity index (χ4n) is 4.49. The van der Waals surface area contributed by atoms with Gasteiger partial charge >= 0.3 is 0 Å². The van der Waals surface area contributed by atoms with Gasteiger partial charge < -0.3 is 10.1 Å². The molecule has 35 heavy (non-hydrogen) atoms. The van der Waals surface area contributed by atoms with E-state index in [1.54, 1.807) is 13.0 Å². The Morgan fingerprint density at radius 3 is 2.69 bits per heavy atom. The van der Waals surface area contributed by atoms with Crippen LogP contribution in [0, 0.1) is 11.7 Å². The normalized spacial score (nSPS) is 20.0. The topological polar surface area (TPSA) is 93.5 Å². The number of anilines is 1. The predicted molar refractivity (Wildman–Crippen MR) is 134 cm³/mol. The molecule has 1 atom stereocenters. The Morgan fingerprint density at radius 2 is 2.06 bits per heavy atom. The number of allylic oxidation sites excluding steroid dienone is 1. The van der Waals surface area contributed by atoms with Crippen molar-refractivity contribution in [2.45, 2.75) is 43.5 Å². The summed E-state index contributed by atoms with van der Waals surface area (Å²) >= 11 is 6.35. The van der Waals surface area contributed by atoms with E-state index in [0.29, 0.717) is 48.7 Å². The number of rotatable bonds is 7. The van der Waals surface area contributed by atoms with Crippen molar-refractivity contribution in [1.82, 2.24) is 14.1 Å². The summed E-state index contributed by atoms with van der Waals surface area (Å²) in [6.45, 7) is 7.87. The van der Waals surface area contributed by atoms with Crippen LogP contribution in [0.5, 0.6) is 0 Å². The third-order valence-electron chi connectivity index (χ3n) is 6.59. The monoisotopic (exact) mass is 524 g/mol. The Kier molecular flexibility index (Phi) is 7.95. The molecule has 1 aromatic carbocycles. The number of halogens is 2. The van der Waals surface area contributed by atoms with Crippen LogP contribution in [0.3, 0.4) is 0 Å². The lowest BCUT2D eigenvalue weighted by atomic mass is 10.0. The minimum atomic E-state index is -4.01. The second kappa shape index (κ2) is 10.8. The van der Waals surface area contributed by atoms with Crippen molar-refractivity contribution in [2.75, 3.05) is 38.2 Å². The predicted octanol–water partition coefficient (Wildman–Crippen LogP) is 3.93. The quantitative estimate of drug-likeness (QED) is 0.590. The van der Waals surface area contributed by atoms with Crippen molar-refractivity contribution in [3.63, 3.8) is 0 Å². The van der Waals surface area contributed by atoms with Crippen molar-refractivity contribution in [2.24, 2.45) is 5.92 Å². The van der Waals surface area contributed by atoms with Crippen LogP contribution in [0.4, 0.5) is 10.1 Å². The molecule has 0 amide bonds. The highest BCUT2D eigenvalue weighted by molar-refractivity contribution is 7.89. The minimum Gasteiger partial charge on any atom is -0.382 e. The lowest BCUT2D eigenvalue weighted by molar-refractivity contribution is 0.0595. The van der Waals surface area contributed by atoms with Gasteiger partial charge in [0.2, 0.25) is 10.0 Å². The second-order valence-corrected chi connectivity index (χ2v) is 11.4.